The summed E-state index contributed by atoms with van der Waals surface area (Å²) in [6, 6.07) is 8.70. The second-order valence-electron chi connectivity index (χ2n) is 3.43. The molecule has 1 aromatic heterocycles. The van der Waals surface area contributed by atoms with Crippen molar-refractivity contribution in [2.75, 3.05) is 5.73 Å². The summed E-state index contributed by atoms with van der Waals surface area (Å²) >= 11 is 1.68. The zero-order valence-electron chi connectivity index (χ0n) is 8.65. The lowest BCUT2D eigenvalue weighted by Gasteiger charge is -2.02. The topological polar surface area (TPSA) is 39.2 Å². The van der Waals surface area contributed by atoms with E-state index in [1.807, 2.05) is 18.2 Å². The van der Waals surface area contributed by atoms with E-state index in [2.05, 4.69) is 0 Å². The van der Waals surface area contributed by atoms with E-state index < -0.39 is 0 Å². The van der Waals surface area contributed by atoms with Crippen LogP contribution in [0.15, 0.2) is 41.0 Å². The number of rotatable bonds is 4. The summed E-state index contributed by atoms with van der Waals surface area (Å²) in [6.07, 6.45) is 1.65. The van der Waals surface area contributed by atoms with E-state index in [0.717, 1.165) is 22.8 Å². The minimum atomic E-state index is -0.351. The van der Waals surface area contributed by atoms with Gasteiger partial charge >= 0.3 is 0 Å². The molecule has 2 N–H and O–H groups in total. The third kappa shape index (κ3) is 2.79. The van der Waals surface area contributed by atoms with E-state index in [1.165, 1.54) is 6.07 Å². The van der Waals surface area contributed by atoms with E-state index in [1.54, 1.807) is 24.1 Å². The highest BCUT2D eigenvalue weighted by molar-refractivity contribution is 7.97. The maximum Gasteiger partial charge on any atom is 0.146 e. The van der Waals surface area contributed by atoms with Crippen LogP contribution in [0.2, 0.25) is 0 Å². The van der Waals surface area contributed by atoms with Crippen molar-refractivity contribution in [3.05, 3.63) is 53.7 Å². The van der Waals surface area contributed by atoms with Crippen LogP contribution in [0.5, 0.6) is 0 Å². The first kappa shape index (κ1) is 11.1. The lowest BCUT2D eigenvalue weighted by molar-refractivity contribution is 0.530. The van der Waals surface area contributed by atoms with Crippen LogP contribution in [0.3, 0.4) is 0 Å². The summed E-state index contributed by atoms with van der Waals surface area (Å²) in [7, 11) is 0. The molecule has 84 valence electrons. The second kappa shape index (κ2) is 5.07. The average molecular weight is 237 g/mol. The van der Waals surface area contributed by atoms with Crippen LogP contribution in [-0.4, -0.2) is 0 Å². The molecule has 16 heavy (non-hydrogen) atoms. The molecule has 4 heteroatoms. The van der Waals surface area contributed by atoms with Crippen molar-refractivity contribution in [2.24, 2.45) is 0 Å². The van der Waals surface area contributed by atoms with E-state index in [9.17, 15) is 4.39 Å². The van der Waals surface area contributed by atoms with Crippen molar-refractivity contribution in [3.8, 4) is 0 Å². The Hall–Kier alpha value is -1.42. The van der Waals surface area contributed by atoms with Crippen LogP contribution in [0.25, 0.3) is 0 Å². The van der Waals surface area contributed by atoms with E-state index in [-0.39, 0.29) is 11.5 Å². The van der Waals surface area contributed by atoms with Gasteiger partial charge in [-0.1, -0.05) is 6.07 Å². The molecule has 2 rings (SSSR count). The second-order valence-corrected chi connectivity index (χ2v) is 4.41. The summed E-state index contributed by atoms with van der Waals surface area (Å²) in [5.74, 6) is 2.12. The fourth-order valence-electron chi connectivity index (χ4n) is 1.32. The zero-order valence-corrected chi connectivity index (χ0v) is 9.47. The predicted molar refractivity (Wildman–Crippen MR) is 64.5 cm³/mol. The Morgan fingerprint density at radius 2 is 2.12 bits per heavy atom. The molecule has 0 aliphatic heterocycles. The first-order valence-electron chi connectivity index (χ1n) is 4.90. The number of halogens is 1. The molecular weight excluding hydrogens is 225 g/mol. The molecule has 0 saturated heterocycles. The molecule has 2 nitrogen and oxygen atoms in total. The predicted octanol–water partition coefficient (Wildman–Crippen LogP) is 3.43. The first-order chi connectivity index (χ1) is 7.75. The van der Waals surface area contributed by atoms with Crippen LogP contribution in [0.4, 0.5) is 10.1 Å². The van der Waals surface area contributed by atoms with Gasteiger partial charge in [0.1, 0.15) is 11.6 Å². The zero-order chi connectivity index (χ0) is 11.4. The minimum absolute atomic E-state index is 0.194. The van der Waals surface area contributed by atoms with Crippen LogP contribution in [0.1, 0.15) is 11.3 Å². The molecule has 1 aromatic carbocycles. The molecule has 0 atom stereocenters. The van der Waals surface area contributed by atoms with Gasteiger partial charge in [-0.15, -0.1) is 11.8 Å². The van der Waals surface area contributed by atoms with Gasteiger partial charge in [0, 0.05) is 5.75 Å². The van der Waals surface area contributed by atoms with E-state index >= 15 is 0 Å². The first-order valence-corrected chi connectivity index (χ1v) is 6.05. The quantitative estimate of drug-likeness (QED) is 0.828. The number of nitrogen functional groups attached to an aromatic ring is 1. The Kier molecular flexibility index (Phi) is 3.51. The summed E-state index contributed by atoms with van der Waals surface area (Å²) in [5, 5.41) is 0. The molecule has 0 amide bonds. The molecule has 0 aliphatic rings. The van der Waals surface area contributed by atoms with Crippen LogP contribution < -0.4 is 5.73 Å². The molecule has 2 aromatic rings. The van der Waals surface area contributed by atoms with Gasteiger partial charge in [-0.2, -0.15) is 0 Å². The Morgan fingerprint density at radius 1 is 1.25 bits per heavy atom. The third-order valence-electron chi connectivity index (χ3n) is 2.16. The number of hydrogen-bond donors (Lipinski definition) is 1. The van der Waals surface area contributed by atoms with Crippen LogP contribution in [-0.2, 0) is 11.5 Å². The normalized spacial score (nSPS) is 10.6. The standard InChI is InChI=1S/C12H12FNOS/c13-11-6-9(3-4-12(11)14)7-16-8-10-2-1-5-15-10/h1-6H,7-8,14H2. The fraction of sp³-hybridized carbons (Fsp3) is 0.167. The monoisotopic (exact) mass is 237 g/mol. The SMILES string of the molecule is Nc1ccc(CSCc2ccco2)cc1F. The van der Waals surface area contributed by atoms with Gasteiger partial charge in [0.05, 0.1) is 17.7 Å². The van der Waals surface area contributed by atoms with Gasteiger partial charge in [-0.05, 0) is 29.8 Å². The van der Waals surface area contributed by atoms with Gasteiger partial charge in [-0.3, -0.25) is 0 Å². The number of furan rings is 1. The van der Waals surface area contributed by atoms with Crippen molar-refractivity contribution < 1.29 is 8.81 Å². The Balaban J connectivity index is 1.87. The minimum Gasteiger partial charge on any atom is -0.468 e. The molecule has 0 spiro atoms. The molecular formula is C12H12FNOS. The fourth-order valence-corrected chi connectivity index (χ4v) is 2.21. The summed E-state index contributed by atoms with van der Waals surface area (Å²) < 4.78 is 18.3. The largest absolute Gasteiger partial charge is 0.468 e. The summed E-state index contributed by atoms with van der Waals surface area (Å²) in [5.41, 5.74) is 6.53. The summed E-state index contributed by atoms with van der Waals surface area (Å²) in [4.78, 5) is 0. The molecule has 0 unspecified atom stereocenters. The molecule has 0 aliphatic carbocycles. The number of hydrogen-bond acceptors (Lipinski definition) is 3. The highest BCUT2D eigenvalue weighted by Crippen LogP contribution is 2.20. The van der Waals surface area contributed by atoms with E-state index in [4.69, 9.17) is 10.2 Å². The van der Waals surface area contributed by atoms with Crippen molar-refractivity contribution in [2.45, 2.75) is 11.5 Å². The van der Waals surface area contributed by atoms with Gasteiger partial charge in [-0.25, -0.2) is 4.39 Å². The average Bonchev–Trinajstić information content (AvgIpc) is 2.76. The van der Waals surface area contributed by atoms with E-state index in [0.29, 0.717) is 0 Å². The summed E-state index contributed by atoms with van der Waals surface area (Å²) in [6.45, 7) is 0. The number of anilines is 1. The lowest BCUT2D eigenvalue weighted by Crippen LogP contribution is -1.91. The highest BCUT2D eigenvalue weighted by Gasteiger charge is 2.01. The van der Waals surface area contributed by atoms with Crippen molar-refractivity contribution in [3.63, 3.8) is 0 Å². The molecule has 0 radical (unpaired) electrons. The van der Waals surface area contributed by atoms with Gasteiger partial charge in [0.15, 0.2) is 0 Å². The van der Waals surface area contributed by atoms with Crippen molar-refractivity contribution in [1.29, 1.82) is 0 Å². The number of benzene rings is 1. The molecule has 1 heterocycles. The van der Waals surface area contributed by atoms with Crippen molar-refractivity contribution in [1.82, 2.24) is 0 Å². The van der Waals surface area contributed by atoms with Crippen LogP contribution >= 0.6 is 11.8 Å². The maximum absolute atomic E-state index is 13.1. The molecule has 0 bridgehead atoms. The van der Waals surface area contributed by atoms with Crippen LogP contribution in [0, 0.1) is 5.82 Å². The van der Waals surface area contributed by atoms with Crippen molar-refractivity contribution >= 4 is 17.4 Å². The van der Waals surface area contributed by atoms with Gasteiger partial charge in [0.25, 0.3) is 0 Å². The number of thioether (sulfide) groups is 1. The molecule has 0 fully saturated rings. The smallest absolute Gasteiger partial charge is 0.146 e. The maximum atomic E-state index is 13.1. The molecule has 0 saturated carbocycles. The lowest BCUT2D eigenvalue weighted by atomic mass is 10.2. The third-order valence-corrected chi connectivity index (χ3v) is 3.18. The Labute approximate surface area is 97.6 Å². The highest BCUT2D eigenvalue weighted by atomic mass is 32.2. The Bertz CT molecular complexity index is 456. The Morgan fingerprint density at radius 3 is 2.81 bits per heavy atom. The van der Waals surface area contributed by atoms with Gasteiger partial charge in [0.2, 0.25) is 0 Å². The van der Waals surface area contributed by atoms with Gasteiger partial charge < -0.3 is 10.2 Å². The number of nitrogens with two attached hydrogens (primary N) is 1.